The van der Waals surface area contributed by atoms with Crippen LogP contribution in [0.4, 0.5) is 0 Å². The molecule has 0 rings (SSSR count). The molecule has 2 nitrogen and oxygen atoms in total. The molecule has 0 atom stereocenters. The van der Waals surface area contributed by atoms with Crippen LogP contribution in [0.1, 0.15) is 12.8 Å². The number of aliphatic hydroxyl groups is 1. The van der Waals surface area contributed by atoms with Gasteiger partial charge in [-0.3, -0.25) is 0 Å². The molecule has 0 amide bonds. The van der Waals surface area contributed by atoms with Crippen molar-refractivity contribution in [3.8, 4) is 0 Å². The summed E-state index contributed by atoms with van der Waals surface area (Å²) < 4.78 is 0. The average Bonchev–Trinajstić information content (AvgIpc) is 1.81. The summed E-state index contributed by atoms with van der Waals surface area (Å²) >= 11 is 0. The molecule has 0 unspecified atom stereocenters. The molecule has 48 valence electrons. The van der Waals surface area contributed by atoms with E-state index in [1.54, 1.807) is 6.08 Å². The highest BCUT2D eigenvalue weighted by molar-refractivity contribution is 4.80. The van der Waals surface area contributed by atoms with E-state index in [0.717, 1.165) is 19.4 Å². The highest BCUT2D eigenvalue weighted by Crippen LogP contribution is 1.85. The second-order valence-electron chi connectivity index (χ2n) is 1.58. The molecule has 0 aromatic heterocycles. The number of aliphatic hydroxyl groups excluding tert-OH is 1. The number of hydrogen-bond donors (Lipinski definition) is 2. The van der Waals surface area contributed by atoms with Crippen LogP contribution in [0.3, 0.4) is 0 Å². The van der Waals surface area contributed by atoms with E-state index in [0.29, 0.717) is 0 Å². The molecule has 2 heteroatoms. The second-order valence-corrected chi connectivity index (χ2v) is 1.58. The summed E-state index contributed by atoms with van der Waals surface area (Å²) in [7, 11) is 0. The monoisotopic (exact) mass is 115 g/mol. The van der Waals surface area contributed by atoms with Crippen molar-refractivity contribution in [2.75, 3.05) is 13.2 Å². The van der Waals surface area contributed by atoms with Crippen molar-refractivity contribution in [1.82, 2.24) is 0 Å². The largest absolute Gasteiger partial charge is 0.392 e. The maximum absolute atomic E-state index is 8.25. The molecule has 0 fully saturated rings. The normalized spacial score (nSPS) is 10.8. The minimum atomic E-state index is 0.143. The van der Waals surface area contributed by atoms with Gasteiger partial charge in [0.05, 0.1) is 6.61 Å². The first-order valence-electron chi connectivity index (χ1n) is 2.87. The topological polar surface area (TPSA) is 46.2 Å². The minimum absolute atomic E-state index is 0.143. The fourth-order valence-electron chi connectivity index (χ4n) is 0.428. The molecule has 0 aliphatic heterocycles. The quantitative estimate of drug-likeness (QED) is 0.408. The van der Waals surface area contributed by atoms with Crippen LogP contribution < -0.4 is 5.73 Å². The lowest BCUT2D eigenvalue weighted by Gasteiger charge is -1.85. The van der Waals surface area contributed by atoms with Crippen LogP contribution in [0.15, 0.2) is 12.2 Å². The van der Waals surface area contributed by atoms with E-state index in [1.165, 1.54) is 0 Å². The van der Waals surface area contributed by atoms with E-state index >= 15 is 0 Å². The van der Waals surface area contributed by atoms with Crippen molar-refractivity contribution >= 4 is 0 Å². The molecule has 0 heterocycles. The summed E-state index contributed by atoms with van der Waals surface area (Å²) in [5.41, 5.74) is 5.21. The molecule has 0 bridgehead atoms. The maximum Gasteiger partial charge on any atom is 0.0612 e. The van der Waals surface area contributed by atoms with Gasteiger partial charge in [-0.15, -0.1) is 0 Å². The van der Waals surface area contributed by atoms with Gasteiger partial charge in [-0.1, -0.05) is 12.2 Å². The highest BCUT2D eigenvalue weighted by atomic mass is 16.2. The molecule has 0 aromatic carbocycles. The third-order valence-corrected chi connectivity index (χ3v) is 0.847. The predicted octanol–water partition coefficient (Wildman–Crippen LogP) is 0.274. The molecule has 0 aliphatic carbocycles. The molecule has 0 saturated carbocycles. The fourth-order valence-corrected chi connectivity index (χ4v) is 0.428. The summed E-state index contributed by atoms with van der Waals surface area (Å²) in [4.78, 5) is 0. The Morgan fingerprint density at radius 1 is 1.38 bits per heavy atom. The van der Waals surface area contributed by atoms with Gasteiger partial charge in [-0.05, 0) is 19.4 Å². The SMILES string of the molecule is NCCC/C=C\CO. The Kier molecular flexibility index (Phi) is 6.38. The first-order chi connectivity index (χ1) is 3.91. The molecule has 3 N–H and O–H groups in total. The lowest BCUT2D eigenvalue weighted by atomic mass is 10.3. The Bertz CT molecular complexity index is 61.5. The lowest BCUT2D eigenvalue weighted by molar-refractivity contribution is 0.342. The molecule has 0 saturated heterocycles. The Labute approximate surface area is 50.0 Å². The van der Waals surface area contributed by atoms with Crippen LogP contribution in [0.5, 0.6) is 0 Å². The lowest BCUT2D eigenvalue weighted by Crippen LogP contribution is -1.96. The van der Waals surface area contributed by atoms with Crippen LogP contribution in [0, 0.1) is 0 Å². The van der Waals surface area contributed by atoms with Crippen LogP contribution >= 0.6 is 0 Å². The zero-order chi connectivity index (χ0) is 6.24. The molecule has 0 spiro atoms. The standard InChI is InChI=1S/C6H13NO/c7-5-3-1-2-4-6-8/h2,4,8H,1,3,5-7H2/b4-2-. The van der Waals surface area contributed by atoms with Gasteiger partial charge in [0.1, 0.15) is 0 Å². The van der Waals surface area contributed by atoms with Gasteiger partial charge in [0, 0.05) is 0 Å². The van der Waals surface area contributed by atoms with E-state index in [4.69, 9.17) is 10.8 Å². The van der Waals surface area contributed by atoms with Crippen molar-refractivity contribution in [2.24, 2.45) is 5.73 Å². The van der Waals surface area contributed by atoms with E-state index in [-0.39, 0.29) is 6.61 Å². The highest BCUT2D eigenvalue weighted by Gasteiger charge is 1.74. The predicted molar refractivity (Wildman–Crippen MR) is 34.5 cm³/mol. The van der Waals surface area contributed by atoms with E-state index in [2.05, 4.69) is 0 Å². The van der Waals surface area contributed by atoms with Crippen molar-refractivity contribution < 1.29 is 5.11 Å². The molecule has 0 aromatic rings. The van der Waals surface area contributed by atoms with E-state index < -0.39 is 0 Å². The number of nitrogens with two attached hydrogens (primary N) is 1. The number of allylic oxidation sites excluding steroid dienone is 1. The Morgan fingerprint density at radius 3 is 2.62 bits per heavy atom. The summed E-state index contributed by atoms with van der Waals surface area (Å²) in [6.07, 6.45) is 5.66. The number of hydrogen-bond acceptors (Lipinski definition) is 2. The van der Waals surface area contributed by atoms with E-state index in [1.807, 2.05) is 6.08 Å². The fraction of sp³-hybridized carbons (Fsp3) is 0.667. The summed E-state index contributed by atoms with van der Waals surface area (Å²) in [5.74, 6) is 0. The van der Waals surface area contributed by atoms with Crippen molar-refractivity contribution in [3.63, 3.8) is 0 Å². The Morgan fingerprint density at radius 2 is 2.12 bits per heavy atom. The molecule has 0 radical (unpaired) electrons. The Hall–Kier alpha value is -0.340. The van der Waals surface area contributed by atoms with E-state index in [9.17, 15) is 0 Å². The molecular formula is C6H13NO. The summed E-state index contributed by atoms with van der Waals surface area (Å²) in [6.45, 7) is 0.875. The smallest absolute Gasteiger partial charge is 0.0612 e. The van der Waals surface area contributed by atoms with Gasteiger partial charge in [-0.25, -0.2) is 0 Å². The molecular weight excluding hydrogens is 102 g/mol. The molecule has 0 aliphatic rings. The van der Waals surface area contributed by atoms with Crippen LogP contribution in [-0.2, 0) is 0 Å². The van der Waals surface area contributed by atoms with Crippen LogP contribution in [-0.4, -0.2) is 18.3 Å². The summed E-state index contributed by atoms with van der Waals surface area (Å²) in [5, 5.41) is 8.25. The first-order valence-corrected chi connectivity index (χ1v) is 2.87. The van der Waals surface area contributed by atoms with Gasteiger partial charge in [0.25, 0.3) is 0 Å². The molecule has 8 heavy (non-hydrogen) atoms. The van der Waals surface area contributed by atoms with Crippen LogP contribution in [0.25, 0.3) is 0 Å². The van der Waals surface area contributed by atoms with Gasteiger partial charge in [-0.2, -0.15) is 0 Å². The second kappa shape index (κ2) is 6.66. The average molecular weight is 115 g/mol. The zero-order valence-corrected chi connectivity index (χ0v) is 5.01. The first kappa shape index (κ1) is 7.66. The summed E-state index contributed by atoms with van der Waals surface area (Å²) in [6, 6.07) is 0. The third-order valence-electron chi connectivity index (χ3n) is 0.847. The third kappa shape index (κ3) is 5.66. The van der Waals surface area contributed by atoms with Crippen molar-refractivity contribution in [2.45, 2.75) is 12.8 Å². The van der Waals surface area contributed by atoms with Crippen molar-refractivity contribution in [3.05, 3.63) is 12.2 Å². The zero-order valence-electron chi connectivity index (χ0n) is 5.01. The van der Waals surface area contributed by atoms with Gasteiger partial charge in [0.15, 0.2) is 0 Å². The van der Waals surface area contributed by atoms with Crippen LogP contribution in [0.2, 0.25) is 0 Å². The Balaban J connectivity index is 2.80. The van der Waals surface area contributed by atoms with Gasteiger partial charge >= 0.3 is 0 Å². The number of unbranched alkanes of at least 4 members (excludes halogenated alkanes) is 1. The van der Waals surface area contributed by atoms with Gasteiger partial charge in [0.2, 0.25) is 0 Å². The van der Waals surface area contributed by atoms with Gasteiger partial charge < -0.3 is 10.8 Å². The minimum Gasteiger partial charge on any atom is -0.392 e. The number of rotatable bonds is 4. The van der Waals surface area contributed by atoms with Crippen molar-refractivity contribution in [1.29, 1.82) is 0 Å². The maximum atomic E-state index is 8.25.